The molecule has 1 atom stereocenters. The average Bonchev–Trinajstić information content (AvgIpc) is 2.42. The quantitative estimate of drug-likeness (QED) is 0.630. The Hall–Kier alpha value is -0.790. The van der Waals surface area contributed by atoms with Gasteiger partial charge in [-0.2, -0.15) is 5.10 Å². The van der Waals surface area contributed by atoms with Gasteiger partial charge in [-0.3, -0.25) is 4.68 Å². The zero-order valence-electron chi connectivity index (χ0n) is 7.12. The Balaban J connectivity index is 1.95. The summed E-state index contributed by atoms with van der Waals surface area (Å²) in [5.74, 6) is 0.849. The van der Waals surface area contributed by atoms with Crippen molar-refractivity contribution in [2.45, 2.75) is 26.8 Å². The van der Waals surface area contributed by atoms with Crippen LogP contribution in [0.1, 0.15) is 20.3 Å². The summed E-state index contributed by atoms with van der Waals surface area (Å²) in [7, 11) is 0. The predicted molar refractivity (Wildman–Crippen MR) is 44.1 cm³/mol. The van der Waals surface area contributed by atoms with Gasteiger partial charge in [-0.1, -0.05) is 13.8 Å². The molecule has 0 spiro atoms. The van der Waals surface area contributed by atoms with Crippen LogP contribution < -0.4 is 0 Å². The SMILES string of the molecule is CC1(C)CC1Cn1cccn1. The van der Waals surface area contributed by atoms with Gasteiger partial charge in [0.15, 0.2) is 0 Å². The lowest BCUT2D eigenvalue weighted by atomic mass is 10.1. The molecule has 1 aromatic heterocycles. The van der Waals surface area contributed by atoms with Gasteiger partial charge < -0.3 is 0 Å². The molecule has 2 nitrogen and oxygen atoms in total. The topological polar surface area (TPSA) is 17.8 Å². The highest BCUT2D eigenvalue weighted by atomic mass is 15.3. The van der Waals surface area contributed by atoms with Gasteiger partial charge in [-0.05, 0) is 23.8 Å². The third-order valence-corrected chi connectivity index (χ3v) is 2.68. The lowest BCUT2D eigenvalue weighted by molar-refractivity contribution is 0.472. The Kier molecular flexibility index (Phi) is 1.31. The molecule has 1 saturated carbocycles. The van der Waals surface area contributed by atoms with Gasteiger partial charge >= 0.3 is 0 Å². The fraction of sp³-hybridized carbons (Fsp3) is 0.667. The van der Waals surface area contributed by atoms with Gasteiger partial charge in [-0.15, -0.1) is 0 Å². The molecular weight excluding hydrogens is 136 g/mol. The maximum absolute atomic E-state index is 4.18. The number of hydrogen-bond acceptors (Lipinski definition) is 1. The minimum atomic E-state index is 0.575. The summed E-state index contributed by atoms with van der Waals surface area (Å²) in [6, 6.07) is 1.98. The first kappa shape index (κ1) is 6.89. The molecule has 1 aliphatic carbocycles. The Bertz CT molecular complexity index is 236. The van der Waals surface area contributed by atoms with Crippen molar-refractivity contribution in [2.24, 2.45) is 11.3 Å². The zero-order valence-corrected chi connectivity index (χ0v) is 7.12. The van der Waals surface area contributed by atoms with Crippen LogP contribution in [0.3, 0.4) is 0 Å². The summed E-state index contributed by atoms with van der Waals surface area (Å²) in [4.78, 5) is 0. The predicted octanol–water partition coefficient (Wildman–Crippen LogP) is 1.93. The van der Waals surface area contributed by atoms with E-state index in [9.17, 15) is 0 Å². The maximum Gasteiger partial charge on any atom is 0.0489 e. The second kappa shape index (κ2) is 2.10. The van der Waals surface area contributed by atoms with Gasteiger partial charge in [0.2, 0.25) is 0 Å². The molecule has 1 aromatic rings. The van der Waals surface area contributed by atoms with E-state index in [1.807, 2.05) is 23.1 Å². The third-order valence-electron chi connectivity index (χ3n) is 2.68. The highest BCUT2D eigenvalue weighted by molar-refractivity contribution is 4.95. The van der Waals surface area contributed by atoms with E-state index in [1.54, 1.807) is 0 Å². The van der Waals surface area contributed by atoms with E-state index in [2.05, 4.69) is 18.9 Å². The van der Waals surface area contributed by atoms with E-state index < -0.39 is 0 Å². The molecule has 0 N–H and O–H groups in total. The van der Waals surface area contributed by atoms with Crippen molar-refractivity contribution in [3.63, 3.8) is 0 Å². The fourth-order valence-electron chi connectivity index (χ4n) is 1.52. The van der Waals surface area contributed by atoms with E-state index in [4.69, 9.17) is 0 Å². The van der Waals surface area contributed by atoms with Crippen molar-refractivity contribution in [1.29, 1.82) is 0 Å². The average molecular weight is 150 g/mol. The lowest BCUT2D eigenvalue weighted by Gasteiger charge is -2.02. The molecule has 60 valence electrons. The first-order valence-electron chi connectivity index (χ1n) is 4.16. The molecule has 0 saturated heterocycles. The Morgan fingerprint density at radius 3 is 2.82 bits per heavy atom. The van der Waals surface area contributed by atoms with Crippen LogP contribution in [0.4, 0.5) is 0 Å². The maximum atomic E-state index is 4.18. The number of hydrogen-bond donors (Lipinski definition) is 0. The largest absolute Gasteiger partial charge is 0.272 e. The van der Waals surface area contributed by atoms with Crippen LogP contribution >= 0.6 is 0 Å². The molecule has 2 rings (SSSR count). The smallest absolute Gasteiger partial charge is 0.0489 e. The number of aromatic nitrogens is 2. The minimum absolute atomic E-state index is 0.575. The monoisotopic (exact) mass is 150 g/mol. The fourth-order valence-corrected chi connectivity index (χ4v) is 1.52. The van der Waals surface area contributed by atoms with E-state index >= 15 is 0 Å². The van der Waals surface area contributed by atoms with Crippen LogP contribution in [0, 0.1) is 11.3 Å². The van der Waals surface area contributed by atoms with Crippen LogP contribution in [0.15, 0.2) is 18.5 Å². The van der Waals surface area contributed by atoms with Gasteiger partial charge in [0.05, 0.1) is 0 Å². The normalized spacial score (nSPS) is 26.9. The zero-order chi connectivity index (χ0) is 7.90. The molecule has 1 aliphatic rings. The number of nitrogens with zero attached hydrogens (tertiary/aromatic N) is 2. The Labute approximate surface area is 67.2 Å². The summed E-state index contributed by atoms with van der Waals surface area (Å²) in [6.07, 6.45) is 5.23. The molecule has 11 heavy (non-hydrogen) atoms. The van der Waals surface area contributed by atoms with Gasteiger partial charge in [-0.25, -0.2) is 0 Å². The van der Waals surface area contributed by atoms with Crippen molar-refractivity contribution in [2.75, 3.05) is 0 Å². The van der Waals surface area contributed by atoms with Crippen LogP contribution in [0.25, 0.3) is 0 Å². The highest BCUT2D eigenvalue weighted by Gasteiger charge is 2.45. The van der Waals surface area contributed by atoms with Gasteiger partial charge in [0, 0.05) is 18.9 Å². The van der Waals surface area contributed by atoms with Crippen molar-refractivity contribution >= 4 is 0 Å². The first-order valence-corrected chi connectivity index (χ1v) is 4.16. The van der Waals surface area contributed by atoms with Gasteiger partial charge in [0.25, 0.3) is 0 Å². The molecular formula is C9H14N2. The Morgan fingerprint density at radius 1 is 1.64 bits per heavy atom. The molecule has 0 aromatic carbocycles. The van der Waals surface area contributed by atoms with Crippen LogP contribution in [0.5, 0.6) is 0 Å². The first-order chi connectivity index (χ1) is 5.18. The summed E-state index contributed by atoms with van der Waals surface area (Å²) < 4.78 is 2.03. The van der Waals surface area contributed by atoms with Crippen LogP contribution in [-0.2, 0) is 6.54 Å². The second-order valence-corrected chi connectivity index (χ2v) is 4.12. The lowest BCUT2D eigenvalue weighted by Crippen LogP contribution is -2.03. The molecule has 1 fully saturated rings. The molecule has 1 unspecified atom stereocenters. The van der Waals surface area contributed by atoms with E-state index in [0.717, 1.165) is 12.5 Å². The highest BCUT2D eigenvalue weighted by Crippen LogP contribution is 2.52. The van der Waals surface area contributed by atoms with Crippen molar-refractivity contribution in [3.8, 4) is 0 Å². The summed E-state index contributed by atoms with van der Waals surface area (Å²) in [6.45, 7) is 5.74. The van der Waals surface area contributed by atoms with Crippen LogP contribution in [0.2, 0.25) is 0 Å². The van der Waals surface area contributed by atoms with E-state index in [0.29, 0.717) is 5.41 Å². The van der Waals surface area contributed by atoms with Crippen molar-refractivity contribution < 1.29 is 0 Å². The summed E-state index contributed by atoms with van der Waals surface area (Å²) in [5, 5.41) is 4.18. The molecule has 2 heteroatoms. The molecule has 0 bridgehead atoms. The molecule has 0 amide bonds. The minimum Gasteiger partial charge on any atom is -0.272 e. The molecule has 0 radical (unpaired) electrons. The summed E-state index contributed by atoms with van der Waals surface area (Å²) in [5.41, 5.74) is 0.575. The van der Waals surface area contributed by atoms with Crippen molar-refractivity contribution in [1.82, 2.24) is 9.78 Å². The molecule has 1 heterocycles. The second-order valence-electron chi connectivity index (χ2n) is 4.12. The number of rotatable bonds is 2. The standard InChI is InChI=1S/C9H14N2/c1-9(2)6-8(9)7-11-5-3-4-10-11/h3-5,8H,6-7H2,1-2H3. The Morgan fingerprint density at radius 2 is 2.36 bits per heavy atom. The van der Waals surface area contributed by atoms with E-state index in [1.165, 1.54) is 6.42 Å². The summed E-state index contributed by atoms with van der Waals surface area (Å²) >= 11 is 0. The van der Waals surface area contributed by atoms with E-state index in [-0.39, 0.29) is 0 Å². The van der Waals surface area contributed by atoms with Gasteiger partial charge in [0.1, 0.15) is 0 Å². The third kappa shape index (κ3) is 1.30. The molecule has 0 aliphatic heterocycles. The van der Waals surface area contributed by atoms with Crippen LogP contribution in [-0.4, -0.2) is 9.78 Å². The van der Waals surface area contributed by atoms with Crippen molar-refractivity contribution in [3.05, 3.63) is 18.5 Å².